The molecule has 0 amide bonds. The van der Waals surface area contributed by atoms with Gasteiger partial charge in [0.1, 0.15) is 0 Å². The second-order valence-electron chi connectivity index (χ2n) is 5.06. The van der Waals surface area contributed by atoms with E-state index in [1.54, 1.807) is 4.31 Å². The van der Waals surface area contributed by atoms with E-state index in [-0.39, 0.29) is 5.75 Å². The quantitative estimate of drug-likeness (QED) is 0.646. The van der Waals surface area contributed by atoms with E-state index in [2.05, 4.69) is 12.2 Å². The number of sulfonamides is 1. The summed E-state index contributed by atoms with van der Waals surface area (Å²) in [4.78, 5) is 0. The van der Waals surface area contributed by atoms with Crippen LogP contribution in [0.5, 0.6) is 0 Å². The summed E-state index contributed by atoms with van der Waals surface area (Å²) in [5.41, 5.74) is 0. The number of hydrogen-bond donors (Lipinski definition) is 1. The van der Waals surface area contributed by atoms with Crippen molar-refractivity contribution in [3.05, 3.63) is 0 Å². The molecule has 1 fully saturated rings. The van der Waals surface area contributed by atoms with Crippen LogP contribution < -0.4 is 5.32 Å². The lowest BCUT2D eigenvalue weighted by Crippen LogP contribution is -2.42. The first-order valence-electron chi connectivity index (χ1n) is 7.36. The van der Waals surface area contributed by atoms with Crippen LogP contribution in [0.2, 0.25) is 0 Å². The van der Waals surface area contributed by atoms with Crippen LogP contribution in [0, 0.1) is 5.92 Å². The molecule has 0 radical (unpaired) electrons. The third kappa shape index (κ3) is 6.21. The van der Waals surface area contributed by atoms with E-state index in [9.17, 15) is 8.42 Å². The first-order valence-corrected chi connectivity index (χ1v) is 8.97. The van der Waals surface area contributed by atoms with Crippen molar-refractivity contribution in [1.82, 2.24) is 9.62 Å². The molecule has 0 unspecified atom stereocenters. The smallest absolute Gasteiger partial charge is 0.216 e. The fourth-order valence-electron chi connectivity index (χ4n) is 2.31. The zero-order valence-electron chi connectivity index (χ0n) is 12.2. The van der Waals surface area contributed by atoms with Gasteiger partial charge in [-0.3, -0.25) is 0 Å². The lowest BCUT2D eigenvalue weighted by Gasteiger charge is -2.31. The van der Waals surface area contributed by atoms with Crippen LogP contribution in [0.25, 0.3) is 0 Å². The highest BCUT2D eigenvalue weighted by Gasteiger charge is 2.27. The van der Waals surface area contributed by atoms with Crippen molar-refractivity contribution in [2.45, 2.75) is 33.1 Å². The first kappa shape index (κ1) is 16.9. The molecule has 0 aromatic carbocycles. The van der Waals surface area contributed by atoms with Gasteiger partial charge in [0.15, 0.2) is 0 Å². The van der Waals surface area contributed by atoms with E-state index < -0.39 is 10.0 Å². The maximum Gasteiger partial charge on any atom is 0.216 e. The average molecular weight is 292 g/mol. The van der Waals surface area contributed by atoms with Crippen LogP contribution in [-0.4, -0.2) is 57.9 Å². The van der Waals surface area contributed by atoms with Crippen LogP contribution in [-0.2, 0) is 14.8 Å². The summed E-state index contributed by atoms with van der Waals surface area (Å²) < 4.78 is 30.9. The largest absolute Gasteiger partial charge is 0.381 e. The summed E-state index contributed by atoms with van der Waals surface area (Å²) in [5, 5.41) is 3.41. The minimum absolute atomic E-state index is 0.111. The predicted molar refractivity (Wildman–Crippen MR) is 77.7 cm³/mol. The van der Waals surface area contributed by atoms with Gasteiger partial charge in [-0.25, -0.2) is 12.7 Å². The maximum absolute atomic E-state index is 12.1. The molecule has 0 bridgehead atoms. The fourth-order valence-corrected chi connectivity index (χ4v) is 3.67. The summed E-state index contributed by atoms with van der Waals surface area (Å²) >= 11 is 0. The van der Waals surface area contributed by atoms with E-state index >= 15 is 0 Å². The van der Waals surface area contributed by atoms with Crippen LogP contribution in [0.1, 0.15) is 33.1 Å². The van der Waals surface area contributed by atoms with Crippen LogP contribution >= 0.6 is 0 Å². The van der Waals surface area contributed by atoms with Gasteiger partial charge in [0.05, 0.1) is 12.4 Å². The van der Waals surface area contributed by atoms with Gasteiger partial charge >= 0.3 is 0 Å². The molecular formula is C13H28N2O3S. The highest BCUT2D eigenvalue weighted by Crippen LogP contribution is 2.19. The highest BCUT2D eigenvalue weighted by atomic mass is 32.2. The number of ether oxygens (including phenoxy) is 1. The summed E-state index contributed by atoms with van der Waals surface area (Å²) in [6, 6.07) is 0. The molecule has 0 atom stereocenters. The molecule has 1 saturated heterocycles. The number of piperidine rings is 1. The Morgan fingerprint density at radius 2 is 1.95 bits per heavy atom. The lowest BCUT2D eigenvalue weighted by atomic mass is 9.98. The van der Waals surface area contributed by atoms with Crippen molar-refractivity contribution in [3.8, 4) is 0 Å². The van der Waals surface area contributed by atoms with E-state index in [0.29, 0.717) is 32.2 Å². The van der Waals surface area contributed by atoms with Crippen LogP contribution in [0.15, 0.2) is 0 Å². The molecule has 5 nitrogen and oxygen atoms in total. The number of nitrogens with zero attached hydrogens (tertiary/aromatic N) is 1. The zero-order chi connectivity index (χ0) is 14.1. The molecule has 1 heterocycles. The Bertz CT molecular complexity index is 325. The van der Waals surface area contributed by atoms with Crippen molar-refractivity contribution < 1.29 is 13.2 Å². The van der Waals surface area contributed by atoms with E-state index in [1.165, 1.54) is 0 Å². The Morgan fingerprint density at radius 1 is 1.26 bits per heavy atom. The molecule has 0 aromatic rings. The molecule has 0 aliphatic carbocycles. The first-order chi connectivity index (χ1) is 9.10. The predicted octanol–water partition coefficient (Wildman–Crippen LogP) is 1.06. The van der Waals surface area contributed by atoms with Crippen LogP contribution in [0.3, 0.4) is 0 Å². The number of nitrogens with one attached hydrogen (secondary N) is 1. The molecule has 1 aliphatic rings. The lowest BCUT2D eigenvalue weighted by molar-refractivity contribution is 0.161. The Labute approximate surface area is 117 Å². The van der Waals surface area contributed by atoms with Crippen molar-refractivity contribution in [2.75, 3.05) is 45.1 Å². The Morgan fingerprint density at radius 3 is 2.53 bits per heavy atom. The number of hydrogen-bond acceptors (Lipinski definition) is 4. The zero-order valence-corrected chi connectivity index (χ0v) is 13.0. The average Bonchev–Trinajstić information content (AvgIpc) is 2.40. The normalized spacial score (nSPS) is 18.8. The van der Waals surface area contributed by atoms with Crippen molar-refractivity contribution in [3.63, 3.8) is 0 Å². The maximum atomic E-state index is 12.1. The molecule has 0 saturated carbocycles. The van der Waals surface area contributed by atoms with Gasteiger partial charge in [0.2, 0.25) is 10.0 Å². The summed E-state index contributed by atoms with van der Waals surface area (Å²) in [7, 11) is -3.12. The second-order valence-corrected chi connectivity index (χ2v) is 7.15. The number of rotatable bonds is 9. The standard InChI is InChI=1S/C13H28N2O3S/c1-3-7-14-12-13-5-8-15(9-6-13)19(16,17)11-10-18-4-2/h13-14H,3-12H2,1-2H3. The highest BCUT2D eigenvalue weighted by molar-refractivity contribution is 7.89. The molecule has 19 heavy (non-hydrogen) atoms. The molecule has 0 aromatic heterocycles. The van der Waals surface area contributed by atoms with E-state index in [1.807, 2.05) is 6.92 Å². The molecular weight excluding hydrogens is 264 g/mol. The third-order valence-corrected chi connectivity index (χ3v) is 5.35. The molecule has 1 N–H and O–H groups in total. The topological polar surface area (TPSA) is 58.6 Å². The van der Waals surface area contributed by atoms with Gasteiger partial charge in [-0.05, 0) is 45.2 Å². The van der Waals surface area contributed by atoms with Gasteiger partial charge in [0, 0.05) is 19.7 Å². The minimum Gasteiger partial charge on any atom is -0.381 e. The molecule has 1 rings (SSSR count). The van der Waals surface area contributed by atoms with Gasteiger partial charge in [-0.15, -0.1) is 0 Å². The monoisotopic (exact) mass is 292 g/mol. The van der Waals surface area contributed by atoms with Gasteiger partial charge in [-0.1, -0.05) is 6.92 Å². The molecule has 1 aliphatic heterocycles. The minimum atomic E-state index is -3.12. The Hall–Kier alpha value is -0.170. The fraction of sp³-hybridized carbons (Fsp3) is 1.00. The molecule has 6 heteroatoms. The van der Waals surface area contributed by atoms with E-state index in [4.69, 9.17) is 4.74 Å². The van der Waals surface area contributed by atoms with Crippen LogP contribution in [0.4, 0.5) is 0 Å². The SMILES string of the molecule is CCCNCC1CCN(S(=O)(=O)CCOCC)CC1. The van der Waals surface area contributed by atoms with Gasteiger partial charge < -0.3 is 10.1 Å². The summed E-state index contributed by atoms with van der Waals surface area (Å²) in [6.45, 7) is 8.28. The third-order valence-electron chi connectivity index (χ3n) is 3.52. The van der Waals surface area contributed by atoms with Gasteiger partial charge in [0.25, 0.3) is 0 Å². The Kier molecular flexibility index (Phi) is 7.90. The van der Waals surface area contributed by atoms with Crippen molar-refractivity contribution in [2.24, 2.45) is 5.92 Å². The van der Waals surface area contributed by atoms with Crippen molar-refractivity contribution >= 4 is 10.0 Å². The van der Waals surface area contributed by atoms with E-state index in [0.717, 1.165) is 32.4 Å². The summed E-state index contributed by atoms with van der Waals surface area (Å²) in [6.07, 6.45) is 3.07. The van der Waals surface area contributed by atoms with Crippen molar-refractivity contribution in [1.29, 1.82) is 0 Å². The molecule has 0 spiro atoms. The second kappa shape index (κ2) is 8.89. The Balaban J connectivity index is 2.28. The summed E-state index contributed by atoms with van der Waals surface area (Å²) in [5.74, 6) is 0.726. The molecule has 114 valence electrons. The van der Waals surface area contributed by atoms with Gasteiger partial charge in [-0.2, -0.15) is 0 Å².